The molecular formula is C12H14CoO8. The fourth-order valence-corrected chi connectivity index (χ4v) is 0.783. The van der Waals surface area contributed by atoms with Crippen molar-refractivity contribution in [3.63, 3.8) is 0 Å². The minimum Gasteiger partial charge on any atom is -0.542 e. The van der Waals surface area contributed by atoms with Crippen LogP contribution in [0.3, 0.4) is 0 Å². The Morgan fingerprint density at radius 2 is 0.857 bits per heavy atom. The number of Topliss-reactive ketones (excluding diaryl/α,β-unsaturated/α-hetero) is 4. The number of hydrogen-bond acceptors (Lipinski definition) is 8. The molecule has 0 aromatic carbocycles. The molecule has 0 bridgehead atoms. The van der Waals surface area contributed by atoms with Crippen LogP contribution in [0.25, 0.3) is 0 Å². The second kappa shape index (κ2) is 13.1. The van der Waals surface area contributed by atoms with Crippen LogP contribution < -0.4 is 10.2 Å². The fraction of sp³-hybridized carbons (Fsp3) is 0.500. The molecule has 0 saturated heterocycles. The Bertz CT molecular complexity index is 387. The van der Waals surface area contributed by atoms with Crippen LogP contribution in [0.5, 0.6) is 0 Å². The van der Waals surface area contributed by atoms with Gasteiger partial charge >= 0.3 is 16.8 Å². The van der Waals surface area contributed by atoms with E-state index in [1.807, 2.05) is 0 Å². The number of carbonyl (C=O) groups is 6. The Balaban J connectivity index is -0.000000295. The van der Waals surface area contributed by atoms with Gasteiger partial charge in [-0.1, -0.05) is 0 Å². The van der Waals surface area contributed by atoms with Crippen LogP contribution in [0.15, 0.2) is 0 Å². The van der Waals surface area contributed by atoms with Crippen molar-refractivity contribution in [1.29, 1.82) is 0 Å². The van der Waals surface area contributed by atoms with Crippen LogP contribution in [0, 0.1) is 0 Å². The van der Waals surface area contributed by atoms with Crippen molar-refractivity contribution in [3.05, 3.63) is 0 Å². The summed E-state index contributed by atoms with van der Waals surface area (Å²) in [5.74, 6) is -5.88. The van der Waals surface area contributed by atoms with E-state index in [0.29, 0.717) is 0 Å². The van der Waals surface area contributed by atoms with Crippen LogP contribution in [-0.2, 0) is 45.5 Å². The average Bonchev–Trinajstić information content (AvgIpc) is 2.33. The number of hydrogen-bond donors (Lipinski definition) is 0. The molecule has 0 unspecified atom stereocenters. The monoisotopic (exact) mass is 345 g/mol. The van der Waals surface area contributed by atoms with Crippen molar-refractivity contribution in [2.45, 2.75) is 39.5 Å². The van der Waals surface area contributed by atoms with Gasteiger partial charge in [0.2, 0.25) is 0 Å². The van der Waals surface area contributed by atoms with E-state index in [1.54, 1.807) is 0 Å². The smallest absolute Gasteiger partial charge is 0.542 e. The number of ketones is 4. The van der Waals surface area contributed by atoms with Crippen molar-refractivity contribution >= 4 is 35.1 Å². The van der Waals surface area contributed by atoms with Gasteiger partial charge < -0.3 is 29.4 Å². The molecule has 1 radical (unpaired) electrons. The van der Waals surface area contributed by atoms with Gasteiger partial charge in [-0.25, -0.2) is 0 Å². The Morgan fingerprint density at radius 3 is 1.00 bits per heavy atom. The van der Waals surface area contributed by atoms with Gasteiger partial charge in [0.1, 0.15) is 23.5 Å². The van der Waals surface area contributed by atoms with Gasteiger partial charge in [-0.15, -0.1) is 0 Å². The first kappa shape index (κ1) is 24.2. The summed E-state index contributed by atoms with van der Waals surface area (Å²) in [4.78, 5) is 60.4. The van der Waals surface area contributed by atoms with Gasteiger partial charge in [0.05, 0.1) is 0 Å². The van der Waals surface area contributed by atoms with E-state index >= 15 is 0 Å². The number of carboxylic acid groups (broad SMARTS) is 2. The van der Waals surface area contributed by atoms with Crippen LogP contribution in [0.2, 0.25) is 0 Å². The molecule has 0 amide bonds. The molecule has 21 heavy (non-hydrogen) atoms. The number of carbonyl (C=O) groups excluding carboxylic acids is 6. The molecule has 0 aliphatic heterocycles. The zero-order chi connectivity index (χ0) is 16.3. The van der Waals surface area contributed by atoms with Gasteiger partial charge in [0.25, 0.3) is 0 Å². The van der Waals surface area contributed by atoms with Crippen molar-refractivity contribution in [1.82, 2.24) is 0 Å². The molecule has 0 aromatic rings. The quantitative estimate of drug-likeness (QED) is 0.433. The van der Waals surface area contributed by atoms with E-state index in [2.05, 4.69) is 0 Å². The Labute approximate surface area is 131 Å². The first-order chi connectivity index (χ1) is 9.07. The molecule has 0 aromatic heterocycles. The molecule has 0 spiro atoms. The van der Waals surface area contributed by atoms with Gasteiger partial charge in [0.15, 0.2) is 11.6 Å². The van der Waals surface area contributed by atoms with E-state index < -0.39 is 23.5 Å². The third-order valence-corrected chi connectivity index (χ3v) is 1.86. The number of aliphatic carboxylic acids is 2. The molecule has 0 atom stereocenters. The summed E-state index contributed by atoms with van der Waals surface area (Å²) in [5, 5.41) is 19.5. The first-order valence-corrected chi connectivity index (χ1v) is 5.55. The zero-order valence-corrected chi connectivity index (χ0v) is 12.5. The van der Waals surface area contributed by atoms with Crippen LogP contribution in [0.4, 0.5) is 0 Å². The zero-order valence-electron chi connectivity index (χ0n) is 11.4. The van der Waals surface area contributed by atoms with Crippen LogP contribution in [-0.4, -0.2) is 35.1 Å². The van der Waals surface area contributed by atoms with E-state index in [1.165, 1.54) is 13.8 Å². The first-order valence-electron chi connectivity index (χ1n) is 5.55. The van der Waals surface area contributed by atoms with Gasteiger partial charge in [-0.2, -0.15) is 0 Å². The van der Waals surface area contributed by atoms with Crippen LogP contribution in [0.1, 0.15) is 39.5 Å². The van der Waals surface area contributed by atoms with Gasteiger partial charge in [0, 0.05) is 25.7 Å². The summed E-state index contributed by atoms with van der Waals surface area (Å²) in [5.41, 5.74) is 0. The SMILES string of the molecule is CC(=O)CCC(=O)C(=O)[O-].CC(=O)CCC(=O)C(=O)[O-].[Co+2]. The number of carboxylic acids is 2. The molecule has 0 rings (SSSR count). The minimum absolute atomic E-state index is 0. The Hall–Kier alpha value is -1.87. The third-order valence-electron chi connectivity index (χ3n) is 1.86. The maximum absolute atomic E-state index is 10.2. The molecule has 0 N–H and O–H groups in total. The summed E-state index contributed by atoms with van der Waals surface area (Å²) in [6.45, 7) is 2.59. The van der Waals surface area contributed by atoms with E-state index in [-0.39, 0.29) is 54.0 Å². The second-order valence-electron chi connectivity index (χ2n) is 3.83. The topological polar surface area (TPSA) is 149 Å². The summed E-state index contributed by atoms with van der Waals surface area (Å²) in [6.07, 6.45) is -0.547. The van der Waals surface area contributed by atoms with Crippen molar-refractivity contribution < 1.29 is 55.8 Å². The van der Waals surface area contributed by atoms with E-state index in [0.717, 1.165) is 0 Å². The molecule has 0 saturated carbocycles. The largest absolute Gasteiger partial charge is 2.00 e. The summed E-state index contributed by atoms with van der Waals surface area (Å²) >= 11 is 0. The predicted molar refractivity (Wildman–Crippen MR) is 59.9 cm³/mol. The normalized spacial score (nSPS) is 8.48. The minimum atomic E-state index is -1.72. The summed E-state index contributed by atoms with van der Waals surface area (Å²) in [6, 6.07) is 0. The molecule has 119 valence electrons. The summed E-state index contributed by atoms with van der Waals surface area (Å²) in [7, 11) is 0. The molecule has 0 aliphatic carbocycles. The maximum atomic E-state index is 10.2. The van der Waals surface area contributed by atoms with Gasteiger partial charge in [-0.3, -0.25) is 9.59 Å². The standard InChI is InChI=1S/2C6H8O4.Co/c2*1-4(7)2-3-5(8)6(9)10;/h2*2-3H2,1H3,(H,9,10);/q;;+2/p-2. The molecule has 0 heterocycles. The maximum Gasteiger partial charge on any atom is 2.00 e. The molecule has 0 fully saturated rings. The Kier molecular flexibility index (Phi) is 15.1. The second-order valence-corrected chi connectivity index (χ2v) is 3.83. The Morgan fingerprint density at radius 1 is 0.619 bits per heavy atom. The van der Waals surface area contributed by atoms with Crippen molar-refractivity contribution in [3.8, 4) is 0 Å². The summed E-state index contributed by atoms with van der Waals surface area (Å²) < 4.78 is 0. The van der Waals surface area contributed by atoms with Crippen LogP contribution >= 0.6 is 0 Å². The average molecular weight is 345 g/mol. The van der Waals surface area contributed by atoms with E-state index in [9.17, 15) is 39.0 Å². The number of rotatable bonds is 8. The molecule has 9 heteroatoms. The van der Waals surface area contributed by atoms with Gasteiger partial charge in [-0.05, 0) is 13.8 Å². The molecule has 0 aliphatic rings. The van der Waals surface area contributed by atoms with Crippen molar-refractivity contribution in [2.75, 3.05) is 0 Å². The predicted octanol–water partition coefficient (Wildman–Crippen LogP) is -2.65. The molecular weight excluding hydrogens is 331 g/mol. The molecule has 8 nitrogen and oxygen atoms in total. The van der Waals surface area contributed by atoms with Crippen molar-refractivity contribution in [2.24, 2.45) is 0 Å². The third kappa shape index (κ3) is 18.1. The van der Waals surface area contributed by atoms with E-state index in [4.69, 9.17) is 0 Å². The fourth-order valence-electron chi connectivity index (χ4n) is 0.783.